The fourth-order valence-electron chi connectivity index (χ4n) is 14.4. The van der Waals surface area contributed by atoms with Crippen molar-refractivity contribution in [3.05, 3.63) is 142 Å². The van der Waals surface area contributed by atoms with E-state index in [1.165, 1.54) is 69.9 Å². The minimum atomic E-state index is -0.232. The summed E-state index contributed by atoms with van der Waals surface area (Å²) in [6, 6.07) is 12.5. The van der Waals surface area contributed by atoms with E-state index in [-0.39, 0.29) is 41.8 Å². The molecule has 12 rings (SSSR count). The number of para-hydroxylation sites is 1. The Balaban J connectivity index is 0.973. The number of hydrogen-bond acceptors (Lipinski definition) is 4. The summed E-state index contributed by atoms with van der Waals surface area (Å²) in [6.07, 6.45) is 48.9. The lowest BCUT2D eigenvalue weighted by atomic mass is 9.66. The SMILES string of the molecule is CC1(C)C2=CC=CCC2C2CCC(C3[NH2+]C(C4=CC=CCC4)NC(C4=CC(C#N)C(n5c6c(c7c5CCC=C7)CCC=C6)CC4N4c5ccccc5SC5C=CC=CC54)[NH2+]3)CC21. The first-order valence-corrected chi connectivity index (χ1v) is 25.1. The normalized spacial score (nSPS) is 37.2. The maximum absolute atomic E-state index is 11.4. The summed E-state index contributed by atoms with van der Waals surface area (Å²) in [4.78, 5) is 4.18. The predicted octanol–water partition coefficient (Wildman–Crippen LogP) is 8.82. The number of rotatable bonds is 5. The van der Waals surface area contributed by atoms with Gasteiger partial charge < -0.3 is 9.47 Å². The number of fused-ring (bicyclic) bond motifs is 8. The summed E-state index contributed by atoms with van der Waals surface area (Å²) < 4.78 is 2.68. The average molecular weight is 841 g/mol. The fourth-order valence-corrected chi connectivity index (χ4v) is 15.7. The van der Waals surface area contributed by atoms with E-state index in [0.717, 1.165) is 62.7 Å². The molecule has 62 heavy (non-hydrogen) atoms. The van der Waals surface area contributed by atoms with Crippen LogP contribution in [-0.4, -0.2) is 40.4 Å². The number of thioether (sulfide) groups is 1. The van der Waals surface area contributed by atoms with Crippen LogP contribution in [0.2, 0.25) is 0 Å². The van der Waals surface area contributed by atoms with Gasteiger partial charge in [-0.2, -0.15) is 5.26 Å². The van der Waals surface area contributed by atoms with Gasteiger partial charge in [0, 0.05) is 27.4 Å². The lowest BCUT2D eigenvalue weighted by Gasteiger charge is -2.51. The van der Waals surface area contributed by atoms with E-state index >= 15 is 0 Å². The summed E-state index contributed by atoms with van der Waals surface area (Å²) in [6.45, 7) is 5.13. The highest BCUT2D eigenvalue weighted by Gasteiger charge is 2.56. The van der Waals surface area contributed by atoms with Crippen molar-refractivity contribution in [3.63, 3.8) is 0 Å². The molecule has 0 radical (unpaired) electrons. The molecule has 2 aliphatic heterocycles. The molecule has 8 aliphatic carbocycles. The molecule has 12 atom stereocenters. The molecule has 2 aromatic rings. The van der Waals surface area contributed by atoms with Crippen LogP contribution in [0.25, 0.3) is 12.2 Å². The summed E-state index contributed by atoms with van der Waals surface area (Å²) in [5.74, 6) is 2.64. The maximum Gasteiger partial charge on any atom is 0.216 e. The topological polar surface area (TPSA) is 77.2 Å². The number of hydrogen-bond donors (Lipinski definition) is 3. The molecule has 318 valence electrons. The molecule has 1 saturated heterocycles. The second-order valence-corrected chi connectivity index (χ2v) is 21.8. The Labute approximate surface area is 373 Å². The van der Waals surface area contributed by atoms with Crippen molar-refractivity contribution in [1.82, 2.24) is 9.88 Å². The van der Waals surface area contributed by atoms with Gasteiger partial charge in [0.05, 0.1) is 47.0 Å². The van der Waals surface area contributed by atoms with Crippen molar-refractivity contribution >= 4 is 29.6 Å². The van der Waals surface area contributed by atoms with Crippen LogP contribution in [0.3, 0.4) is 0 Å². The summed E-state index contributed by atoms with van der Waals surface area (Å²) in [5, 5.41) is 21.5. The predicted molar refractivity (Wildman–Crippen MR) is 253 cm³/mol. The second kappa shape index (κ2) is 15.7. The van der Waals surface area contributed by atoms with E-state index in [1.54, 1.807) is 5.57 Å². The average Bonchev–Trinajstić information content (AvgIpc) is 3.78. The van der Waals surface area contributed by atoms with Crippen molar-refractivity contribution in [2.45, 2.75) is 131 Å². The standard InChI is InChI=1S/C55H62N6S/c1-55(2)42-21-9-6-18-37(42)38-29-28-35(31-43(38)55)53-57-52(34-16-4-3-5-17-34)58-54(59-53)41-30-36(33-56)48(60-44-22-10-7-19-39(44)40-20-8-11-23-45(40)60)32-49(41)61-46-24-12-14-26-50(46)62-51-27-15-13-25-47(51)61/h3-4,6-7,9,11-16,19,21,23-27,30,35-38,43,46,48-50,52-54,57-59H,5,8,10,17-18,20,22,28-29,31-32H2,1-2H3/p+2. The molecule has 6 nitrogen and oxygen atoms in total. The Morgan fingerprint density at radius 1 is 0.871 bits per heavy atom. The number of anilines is 1. The van der Waals surface area contributed by atoms with E-state index < -0.39 is 0 Å². The Bertz CT molecular complexity index is 2460. The molecule has 3 heterocycles. The van der Waals surface area contributed by atoms with Crippen LogP contribution in [0.4, 0.5) is 5.69 Å². The number of nitrogens with one attached hydrogen (secondary N) is 1. The number of nitrogens with zero attached hydrogens (tertiary/aromatic N) is 3. The van der Waals surface area contributed by atoms with E-state index in [9.17, 15) is 5.26 Å². The van der Waals surface area contributed by atoms with Gasteiger partial charge in [-0.3, -0.25) is 10.6 Å². The van der Waals surface area contributed by atoms with Gasteiger partial charge in [0.25, 0.3) is 0 Å². The van der Waals surface area contributed by atoms with Crippen LogP contribution in [-0.2, 0) is 12.8 Å². The molecule has 0 amide bonds. The van der Waals surface area contributed by atoms with Crippen molar-refractivity contribution in [1.29, 1.82) is 5.26 Å². The molecule has 3 fully saturated rings. The van der Waals surface area contributed by atoms with Crippen molar-refractivity contribution in [2.24, 2.45) is 35.0 Å². The first kappa shape index (κ1) is 39.3. The van der Waals surface area contributed by atoms with Crippen molar-refractivity contribution in [3.8, 4) is 6.07 Å². The molecule has 7 heteroatoms. The number of aromatic nitrogens is 1. The highest BCUT2D eigenvalue weighted by atomic mass is 32.2. The van der Waals surface area contributed by atoms with Gasteiger partial charge in [0.15, 0.2) is 12.3 Å². The number of allylic oxidation sites excluding steroid dienone is 12. The maximum atomic E-state index is 11.4. The lowest BCUT2D eigenvalue weighted by molar-refractivity contribution is -0.957. The smallest absolute Gasteiger partial charge is 0.216 e. The largest absolute Gasteiger partial charge is 0.356 e. The summed E-state index contributed by atoms with van der Waals surface area (Å²) in [7, 11) is 0. The molecule has 0 bridgehead atoms. The molecule has 2 saturated carbocycles. The third kappa shape index (κ3) is 6.37. The van der Waals surface area contributed by atoms with Crippen molar-refractivity contribution < 1.29 is 10.6 Å². The van der Waals surface area contributed by atoms with Crippen molar-refractivity contribution in [2.75, 3.05) is 4.90 Å². The highest BCUT2D eigenvalue weighted by molar-refractivity contribution is 8.00. The van der Waals surface area contributed by atoms with E-state index in [2.05, 4.69) is 161 Å². The molecular weight excluding hydrogens is 777 g/mol. The van der Waals surface area contributed by atoms with Crippen LogP contribution in [0, 0.1) is 46.3 Å². The van der Waals surface area contributed by atoms with Crippen LogP contribution in [0.5, 0.6) is 0 Å². The zero-order valence-corrected chi connectivity index (χ0v) is 37.4. The molecular formula is C55H64N6S+2. The molecule has 5 N–H and O–H groups in total. The van der Waals surface area contributed by atoms with E-state index in [1.807, 2.05) is 11.8 Å². The van der Waals surface area contributed by atoms with Gasteiger partial charge in [-0.15, -0.1) is 11.8 Å². The number of quaternary nitrogens is 2. The van der Waals surface area contributed by atoms with E-state index in [4.69, 9.17) is 0 Å². The quantitative estimate of drug-likeness (QED) is 0.263. The summed E-state index contributed by atoms with van der Waals surface area (Å²) in [5.41, 5.74) is 12.0. The minimum absolute atomic E-state index is 0.0453. The van der Waals surface area contributed by atoms with Gasteiger partial charge in [0.1, 0.15) is 0 Å². The fraction of sp³-hybridized carbons (Fsp3) is 0.473. The Hall–Kier alpha value is -4.32. The summed E-state index contributed by atoms with van der Waals surface area (Å²) >= 11 is 2.02. The molecule has 1 aromatic carbocycles. The second-order valence-electron chi connectivity index (χ2n) is 20.6. The zero-order chi connectivity index (χ0) is 41.5. The van der Waals surface area contributed by atoms with Crippen LogP contribution in [0.15, 0.2) is 125 Å². The third-order valence-electron chi connectivity index (χ3n) is 17.3. The first-order valence-electron chi connectivity index (χ1n) is 24.2. The monoisotopic (exact) mass is 840 g/mol. The number of nitrogens with two attached hydrogens (primary N) is 2. The Kier molecular flexibility index (Phi) is 9.97. The lowest BCUT2D eigenvalue weighted by Crippen LogP contribution is -3.24. The zero-order valence-electron chi connectivity index (χ0n) is 36.6. The molecule has 0 spiro atoms. The minimum Gasteiger partial charge on any atom is -0.356 e. The van der Waals surface area contributed by atoms with Gasteiger partial charge in [-0.05, 0) is 123 Å². The Morgan fingerprint density at radius 3 is 2.61 bits per heavy atom. The van der Waals surface area contributed by atoms with Crippen LogP contribution >= 0.6 is 11.8 Å². The molecule has 10 aliphatic rings. The van der Waals surface area contributed by atoms with Gasteiger partial charge in [-0.1, -0.05) is 117 Å². The van der Waals surface area contributed by atoms with Crippen LogP contribution < -0.4 is 20.9 Å². The molecule has 1 aromatic heterocycles. The highest BCUT2D eigenvalue weighted by Crippen LogP contribution is 2.61. The first-order chi connectivity index (χ1) is 30.5. The third-order valence-corrected chi connectivity index (χ3v) is 18.6. The van der Waals surface area contributed by atoms with E-state index in [0.29, 0.717) is 17.3 Å². The number of benzene rings is 1. The molecule has 12 unspecified atom stereocenters. The van der Waals surface area contributed by atoms with Gasteiger partial charge in [-0.25, -0.2) is 5.32 Å². The Morgan fingerprint density at radius 2 is 1.71 bits per heavy atom. The van der Waals surface area contributed by atoms with Gasteiger partial charge >= 0.3 is 0 Å². The van der Waals surface area contributed by atoms with Crippen LogP contribution in [0.1, 0.15) is 100 Å². The number of nitriles is 1. The van der Waals surface area contributed by atoms with Gasteiger partial charge in [0.2, 0.25) is 6.17 Å².